The summed E-state index contributed by atoms with van der Waals surface area (Å²) >= 11 is 0. The Balaban J connectivity index is 1.83. The minimum Gasteiger partial charge on any atom is -0.296 e. The second kappa shape index (κ2) is 20.6. The highest BCUT2D eigenvalue weighted by atomic mass is 15.1. The van der Waals surface area contributed by atoms with Gasteiger partial charge in [0.1, 0.15) is 5.82 Å². The number of fused-ring (bicyclic) bond motifs is 3. The molecular weight excluding hydrogens is 737 g/mol. The number of rotatable bonds is 22. The summed E-state index contributed by atoms with van der Waals surface area (Å²) in [6, 6.07) is 22.2. The zero-order valence-electron chi connectivity index (χ0n) is 42.1. The minimum absolute atomic E-state index is 0.0247. The fraction of sp³-hybridized carbons (Fsp3) is 0.644. The number of hydrogen-bond donors (Lipinski definition) is 0. The van der Waals surface area contributed by atoms with Crippen molar-refractivity contribution in [3.05, 3.63) is 94.3 Å². The molecule has 0 radical (unpaired) electrons. The number of aromatic nitrogens is 2. The van der Waals surface area contributed by atoms with E-state index in [2.05, 4.69) is 162 Å². The Morgan fingerprint density at radius 3 is 1.54 bits per heavy atom. The van der Waals surface area contributed by atoms with Crippen molar-refractivity contribution in [1.82, 2.24) is 9.55 Å². The molecule has 336 valence electrons. The number of hydrogen-bond acceptors (Lipinski definition) is 1. The maximum absolute atomic E-state index is 5.64. The van der Waals surface area contributed by atoms with Gasteiger partial charge in [-0.1, -0.05) is 235 Å². The first-order valence-corrected chi connectivity index (χ1v) is 25.5. The third-order valence-corrected chi connectivity index (χ3v) is 14.9. The highest BCUT2D eigenvalue weighted by Crippen LogP contribution is 2.55. The molecule has 0 spiro atoms. The molecule has 0 aliphatic heterocycles. The average molecular weight is 827 g/mol. The second-order valence-electron chi connectivity index (χ2n) is 22.5. The standard InChI is InChI=1S/C59H90N2/c1-15-20-23-25-27-31-38-59(39-32-28-26-24-21-16-2)48-34-30-29-33-46(48)47-36-35-44(40-49(47)59)54-60-43-52(58(18-4,19-5)37-22-17-3)61(54)53-50(56(9,10)11)41-45(55(6,7)8)42-51(53)57(12,13)14/h29-30,33-36,40-43H,15-28,31-32,37-39H2,1-14H3. The van der Waals surface area contributed by atoms with Crippen LogP contribution in [0.25, 0.3) is 28.2 Å². The van der Waals surface area contributed by atoms with Crippen molar-refractivity contribution >= 4 is 0 Å². The summed E-state index contributed by atoms with van der Waals surface area (Å²) in [5, 5.41) is 0. The van der Waals surface area contributed by atoms with Crippen LogP contribution in [0.5, 0.6) is 0 Å². The van der Waals surface area contributed by atoms with Gasteiger partial charge in [-0.3, -0.25) is 4.57 Å². The van der Waals surface area contributed by atoms with Gasteiger partial charge in [-0.25, -0.2) is 4.98 Å². The molecule has 0 amide bonds. The molecule has 0 unspecified atom stereocenters. The van der Waals surface area contributed by atoms with Gasteiger partial charge in [-0.05, 0) is 93.4 Å². The molecule has 0 N–H and O–H groups in total. The van der Waals surface area contributed by atoms with Crippen LogP contribution in [0, 0.1) is 0 Å². The van der Waals surface area contributed by atoms with Crippen LogP contribution in [-0.4, -0.2) is 9.55 Å². The molecule has 1 aromatic heterocycles. The van der Waals surface area contributed by atoms with Crippen molar-refractivity contribution < 1.29 is 0 Å². The first-order valence-electron chi connectivity index (χ1n) is 25.5. The van der Waals surface area contributed by atoms with Crippen molar-refractivity contribution in [3.8, 4) is 28.2 Å². The lowest BCUT2D eigenvalue weighted by atomic mass is 9.70. The lowest BCUT2D eigenvalue weighted by Crippen LogP contribution is -2.31. The predicted molar refractivity (Wildman–Crippen MR) is 269 cm³/mol. The van der Waals surface area contributed by atoms with Gasteiger partial charge in [0.2, 0.25) is 0 Å². The SMILES string of the molecule is CCCCCCCCC1(CCCCCCCC)c2ccccc2-c2ccc(-c3ncc(C(CC)(CC)CCCC)n3-c3c(C(C)(C)C)cc(C(C)(C)C)cc3C(C)(C)C)cc21. The lowest BCUT2D eigenvalue weighted by Gasteiger charge is -2.38. The van der Waals surface area contributed by atoms with E-state index >= 15 is 0 Å². The fourth-order valence-electron chi connectivity index (χ4n) is 10.9. The number of benzene rings is 3. The van der Waals surface area contributed by atoms with E-state index in [1.165, 1.54) is 154 Å². The molecule has 0 fully saturated rings. The van der Waals surface area contributed by atoms with Crippen molar-refractivity contribution in [2.75, 3.05) is 0 Å². The molecule has 0 saturated heterocycles. The van der Waals surface area contributed by atoms with Gasteiger partial charge in [0.25, 0.3) is 0 Å². The molecule has 1 aliphatic rings. The molecule has 2 heteroatoms. The van der Waals surface area contributed by atoms with Crippen LogP contribution in [-0.2, 0) is 27.1 Å². The fourth-order valence-corrected chi connectivity index (χ4v) is 10.9. The van der Waals surface area contributed by atoms with E-state index < -0.39 is 0 Å². The summed E-state index contributed by atoms with van der Waals surface area (Å²) in [7, 11) is 0. The Morgan fingerprint density at radius 2 is 1.03 bits per heavy atom. The lowest BCUT2D eigenvalue weighted by molar-refractivity contribution is 0.339. The van der Waals surface area contributed by atoms with E-state index in [9.17, 15) is 0 Å². The van der Waals surface area contributed by atoms with E-state index in [1.807, 2.05) is 0 Å². The topological polar surface area (TPSA) is 17.8 Å². The number of unbranched alkanes of at least 4 members (excludes halogenated alkanes) is 11. The minimum atomic E-state index is -0.0805. The highest BCUT2D eigenvalue weighted by molar-refractivity contribution is 5.83. The van der Waals surface area contributed by atoms with Crippen LogP contribution < -0.4 is 0 Å². The van der Waals surface area contributed by atoms with Crippen LogP contribution in [0.2, 0.25) is 0 Å². The van der Waals surface area contributed by atoms with E-state index in [-0.39, 0.29) is 27.1 Å². The van der Waals surface area contributed by atoms with Gasteiger partial charge in [-0.2, -0.15) is 0 Å². The monoisotopic (exact) mass is 827 g/mol. The van der Waals surface area contributed by atoms with Gasteiger partial charge >= 0.3 is 0 Å². The maximum atomic E-state index is 5.64. The van der Waals surface area contributed by atoms with Gasteiger partial charge in [0.05, 0.1) is 5.69 Å². The third kappa shape index (κ3) is 10.6. The summed E-state index contributed by atoms with van der Waals surface area (Å²) in [5.74, 6) is 1.11. The van der Waals surface area contributed by atoms with Crippen LogP contribution in [0.1, 0.15) is 252 Å². The second-order valence-corrected chi connectivity index (χ2v) is 22.5. The number of nitrogens with zero attached hydrogens (tertiary/aromatic N) is 2. The zero-order valence-corrected chi connectivity index (χ0v) is 42.1. The smallest absolute Gasteiger partial charge is 0.144 e. The first kappa shape index (κ1) is 48.9. The van der Waals surface area contributed by atoms with Gasteiger partial charge < -0.3 is 0 Å². The summed E-state index contributed by atoms with van der Waals surface area (Å²) in [4.78, 5) is 5.64. The van der Waals surface area contributed by atoms with Crippen LogP contribution in [0.4, 0.5) is 0 Å². The Hall–Kier alpha value is -3.13. The molecule has 0 saturated carbocycles. The molecule has 4 aromatic rings. The summed E-state index contributed by atoms with van der Waals surface area (Å²) in [5.41, 5.74) is 14.3. The largest absolute Gasteiger partial charge is 0.296 e. The van der Waals surface area contributed by atoms with Crippen molar-refractivity contribution in [3.63, 3.8) is 0 Å². The molecule has 5 rings (SSSR count). The molecule has 1 aliphatic carbocycles. The average Bonchev–Trinajstić information content (AvgIpc) is 3.78. The van der Waals surface area contributed by atoms with Gasteiger partial charge in [0.15, 0.2) is 0 Å². The third-order valence-electron chi connectivity index (χ3n) is 14.9. The first-order chi connectivity index (χ1) is 28.9. The molecule has 61 heavy (non-hydrogen) atoms. The normalized spacial score (nSPS) is 14.1. The van der Waals surface area contributed by atoms with E-state index in [4.69, 9.17) is 4.98 Å². The summed E-state index contributed by atoms with van der Waals surface area (Å²) < 4.78 is 2.73. The van der Waals surface area contributed by atoms with Crippen molar-refractivity contribution in [2.45, 2.75) is 246 Å². The molecular formula is C59H90N2. The molecule has 3 aromatic carbocycles. The molecule has 2 nitrogen and oxygen atoms in total. The van der Waals surface area contributed by atoms with Gasteiger partial charge in [0, 0.05) is 28.3 Å². The quantitative estimate of drug-likeness (QED) is 0.0722. The Kier molecular flexibility index (Phi) is 16.5. The van der Waals surface area contributed by atoms with E-state index in [1.54, 1.807) is 11.1 Å². The van der Waals surface area contributed by atoms with Crippen LogP contribution >= 0.6 is 0 Å². The predicted octanol–water partition coefficient (Wildman–Crippen LogP) is 18.4. The molecule has 1 heterocycles. The van der Waals surface area contributed by atoms with Crippen molar-refractivity contribution in [2.24, 2.45) is 0 Å². The van der Waals surface area contributed by atoms with E-state index in [0.29, 0.717) is 0 Å². The van der Waals surface area contributed by atoms with Crippen molar-refractivity contribution in [1.29, 1.82) is 0 Å². The van der Waals surface area contributed by atoms with Crippen LogP contribution in [0.3, 0.4) is 0 Å². The Bertz CT molecular complexity index is 1940. The number of imidazole rings is 1. The molecule has 0 atom stereocenters. The summed E-state index contributed by atoms with van der Waals surface area (Å²) in [6.45, 7) is 33.6. The van der Waals surface area contributed by atoms with Gasteiger partial charge in [-0.15, -0.1) is 0 Å². The summed E-state index contributed by atoms with van der Waals surface area (Å²) in [6.07, 6.45) is 26.5. The van der Waals surface area contributed by atoms with E-state index in [0.717, 1.165) is 18.7 Å². The van der Waals surface area contributed by atoms with Crippen LogP contribution in [0.15, 0.2) is 60.8 Å². The Morgan fingerprint density at radius 1 is 0.525 bits per heavy atom. The Labute approximate surface area is 376 Å². The molecule has 0 bridgehead atoms. The maximum Gasteiger partial charge on any atom is 0.144 e. The zero-order chi connectivity index (χ0) is 44.6. The highest BCUT2D eigenvalue weighted by Gasteiger charge is 2.43.